The maximum atomic E-state index is 13.4. The minimum atomic E-state index is -3.60. The fourth-order valence-electron chi connectivity index (χ4n) is 3.73. The molecule has 8 nitrogen and oxygen atoms in total. The number of aliphatic carboxylic acids is 1. The Kier molecular flexibility index (Phi) is 6.47. The predicted molar refractivity (Wildman–Crippen MR) is 111 cm³/mol. The van der Waals surface area contributed by atoms with Gasteiger partial charge in [-0.2, -0.15) is 0 Å². The molecule has 10 heteroatoms. The Labute approximate surface area is 179 Å². The van der Waals surface area contributed by atoms with E-state index in [9.17, 15) is 28.2 Å². The number of benzene rings is 2. The number of fused-ring (bicyclic) bond motifs is 1. The standard InChI is InChI=1S/C20H21ClN2O6S/c1-30(28,29)22-10-14(11-24)23-18(12-6-8-13(21)9-7-12)17(20(26)27)15-4-2-3-5-16(15)19(23)25/h2-9,14,17-18,22,24H,10-11H2,1H3,(H,26,27)/t14-,17?,18?/m1/s1. The summed E-state index contributed by atoms with van der Waals surface area (Å²) in [5.41, 5.74) is 1.07. The summed E-state index contributed by atoms with van der Waals surface area (Å²) in [6, 6.07) is 10.9. The fraction of sp³-hybridized carbons (Fsp3) is 0.300. The zero-order valence-corrected chi connectivity index (χ0v) is 17.6. The number of aliphatic hydroxyl groups is 1. The van der Waals surface area contributed by atoms with E-state index in [4.69, 9.17) is 11.6 Å². The SMILES string of the molecule is CS(=O)(=O)NC[C@H](CO)N1C(=O)c2ccccc2C(C(=O)O)C1c1ccc(Cl)cc1. The summed E-state index contributed by atoms with van der Waals surface area (Å²) >= 11 is 5.97. The van der Waals surface area contributed by atoms with E-state index in [-0.39, 0.29) is 12.1 Å². The monoisotopic (exact) mass is 452 g/mol. The molecule has 3 atom stereocenters. The molecule has 1 aliphatic rings. The number of halogens is 1. The van der Waals surface area contributed by atoms with Crippen molar-refractivity contribution in [3.05, 3.63) is 70.2 Å². The summed E-state index contributed by atoms with van der Waals surface area (Å²) in [5.74, 6) is -2.75. The van der Waals surface area contributed by atoms with Gasteiger partial charge in [-0.25, -0.2) is 13.1 Å². The summed E-state index contributed by atoms with van der Waals surface area (Å²) < 4.78 is 25.4. The number of carbonyl (C=O) groups is 2. The maximum absolute atomic E-state index is 13.4. The number of carbonyl (C=O) groups excluding carboxylic acids is 1. The molecule has 0 spiro atoms. The second kappa shape index (κ2) is 8.73. The van der Waals surface area contributed by atoms with Crippen LogP contribution in [0.25, 0.3) is 0 Å². The number of sulfonamides is 1. The van der Waals surface area contributed by atoms with Gasteiger partial charge in [0.2, 0.25) is 10.0 Å². The van der Waals surface area contributed by atoms with Crippen molar-refractivity contribution in [2.24, 2.45) is 0 Å². The lowest BCUT2D eigenvalue weighted by Gasteiger charge is -2.44. The van der Waals surface area contributed by atoms with Gasteiger partial charge in [0.15, 0.2) is 0 Å². The molecule has 2 aromatic carbocycles. The Morgan fingerprint density at radius 1 is 1.20 bits per heavy atom. The molecular weight excluding hydrogens is 432 g/mol. The van der Waals surface area contributed by atoms with E-state index in [0.29, 0.717) is 16.1 Å². The molecule has 0 aliphatic carbocycles. The highest BCUT2D eigenvalue weighted by atomic mass is 35.5. The lowest BCUT2D eigenvalue weighted by molar-refractivity contribution is -0.141. The minimum Gasteiger partial charge on any atom is -0.481 e. The Balaban J connectivity index is 2.18. The van der Waals surface area contributed by atoms with Crippen LogP contribution in [-0.2, 0) is 14.8 Å². The third-order valence-corrected chi connectivity index (χ3v) is 5.98. The van der Waals surface area contributed by atoms with E-state index in [1.165, 1.54) is 11.0 Å². The van der Waals surface area contributed by atoms with Crippen LogP contribution in [0.1, 0.15) is 33.4 Å². The van der Waals surface area contributed by atoms with Crippen molar-refractivity contribution in [2.75, 3.05) is 19.4 Å². The van der Waals surface area contributed by atoms with Crippen LogP contribution in [0.3, 0.4) is 0 Å². The van der Waals surface area contributed by atoms with Crippen LogP contribution in [0.2, 0.25) is 5.02 Å². The number of hydrogen-bond donors (Lipinski definition) is 3. The van der Waals surface area contributed by atoms with Gasteiger partial charge in [-0.05, 0) is 29.3 Å². The molecule has 0 saturated carbocycles. The summed E-state index contributed by atoms with van der Waals surface area (Å²) in [6.07, 6.45) is 0.964. The van der Waals surface area contributed by atoms with Crippen LogP contribution in [0.5, 0.6) is 0 Å². The smallest absolute Gasteiger partial charge is 0.313 e. The Bertz CT molecular complexity index is 1060. The van der Waals surface area contributed by atoms with Crippen molar-refractivity contribution >= 4 is 33.5 Å². The van der Waals surface area contributed by atoms with Gasteiger partial charge in [0.25, 0.3) is 5.91 Å². The molecule has 0 saturated heterocycles. The molecule has 160 valence electrons. The van der Waals surface area contributed by atoms with Crippen molar-refractivity contribution in [3.8, 4) is 0 Å². The van der Waals surface area contributed by atoms with Gasteiger partial charge in [0, 0.05) is 17.1 Å². The quantitative estimate of drug-likeness (QED) is 0.586. The molecule has 3 N–H and O–H groups in total. The Morgan fingerprint density at radius 3 is 2.40 bits per heavy atom. The van der Waals surface area contributed by atoms with Crippen LogP contribution < -0.4 is 4.72 Å². The molecule has 1 heterocycles. The number of hydrogen-bond acceptors (Lipinski definition) is 5. The normalized spacial score (nSPS) is 20.0. The average Bonchev–Trinajstić information content (AvgIpc) is 2.69. The number of amides is 1. The Morgan fingerprint density at radius 2 is 1.83 bits per heavy atom. The van der Waals surface area contributed by atoms with Crippen molar-refractivity contribution in [3.63, 3.8) is 0 Å². The van der Waals surface area contributed by atoms with E-state index in [0.717, 1.165) is 6.26 Å². The van der Waals surface area contributed by atoms with Crippen molar-refractivity contribution in [1.29, 1.82) is 0 Å². The van der Waals surface area contributed by atoms with Crippen LogP contribution in [0.4, 0.5) is 0 Å². The maximum Gasteiger partial charge on any atom is 0.313 e. The lowest BCUT2D eigenvalue weighted by atomic mass is 9.79. The molecule has 0 fully saturated rings. The van der Waals surface area contributed by atoms with Crippen LogP contribution >= 0.6 is 11.6 Å². The molecule has 3 rings (SSSR count). The summed E-state index contributed by atoms with van der Waals surface area (Å²) in [4.78, 5) is 26.9. The number of nitrogens with one attached hydrogen (secondary N) is 1. The molecule has 30 heavy (non-hydrogen) atoms. The number of aliphatic hydroxyl groups excluding tert-OH is 1. The number of nitrogens with zero attached hydrogens (tertiary/aromatic N) is 1. The van der Waals surface area contributed by atoms with Crippen LogP contribution in [0, 0.1) is 0 Å². The van der Waals surface area contributed by atoms with Gasteiger partial charge in [-0.1, -0.05) is 41.9 Å². The second-order valence-corrected chi connectivity index (χ2v) is 9.34. The fourth-order valence-corrected chi connectivity index (χ4v) is 4.35. The summed E-state index contributed by atoms with van der Waals surface area (Å²) in [5, 5.41) is 20.5. The second-order valence-electron chi connectivity index (χ2n) is 7.07. The van der Waals surface area contributed by atoms with Crippen molar-refractivity contribution in [2.45, 2.75) is 18.0 Å². The van der Waals surface area contributed by atoms with E-state index in [1.54, 1.807) is 42.5 Å². The first-order valence-electron chi connectivity index (χ1n) is 9.09. The summed E-state index contributed by atoms with van der Waals surface area (Å²) in [6.45, 7) is -0.827. The molecule has 1 amide bonds. The molecule has 0 aromatic heterocycles. The largest absolute Gasteiger partial charge is 0.481 e. The van der Waals surface area contributed by atoms with Gasteiger partial charge in [-0.15, -0.1) is 0 Å². The first-order valence-corrected chi connectivity index (χ1v) is 11.4. The molecule has 0 radical (unpaired) electrons. The Hall–Kier alpha value is -2.46. The van der Waals surface area contributed by atoms with Crippen molar-refractivity contribution in [1.82, 2.24) is 9.62 Å². The van der Waals surface area contributed by atoms with Gasteiger partial charge in [0.05, 0.1) is 24.9 Å². The number of carboxylic acid groups (broad SMARTS) is 1. The molecule has 2 unspecified atom stereocenters. The van der Waals surface area contributed by atoms with Gasteiger partial charge < -0.3 is 15.1 Å². The highest BCUT2D eigenvalue weighted by molar-refractivity contribution is 7.88. The first kappa shape index (κ1) is 22.2. The third kappa shape index (κ3) is 4.49. The lowest BCUT2D eigenvalue weighted by Crippen LogP contribution is -2.54. The van der Waals surface area contributed by atoms with E-state index in [2.05, 4.69) is 4.72 Å². The topological polar surface area (TPSA) is 124 Å². The molecular formula is C20H21ClN2O6S. The molecule has 2 aromatic rings. The van der Waals surface area contributed by atoms with E-state index in [1.807, 2.05) is 0 Å². The average molecular weight is 453 g/mol. The van der Waals surface area contributed by atoms with E-state index >= 15 is 0 Å². The zero-order chi connectivity index (χ0) is 22.1. The number of carboxylic acids is 1. The third-order valence-electron chi connectivity index (χ3n) is 5.04. The molecule has 1 aliphatic heterocycles. The zero-order valence-electron chi connectivity index (χ0n) is 16.0. The van der Waals surface area contributed by atoms with Gasteiger partial charge in [0.1, 0.15) is 5.92 Å². The van der Waals surface area contributed by atoms with Gasteiger partial charge >= 0.3 is 5.97 Å². The summed E-state index contributed by atoms with van der Waals surface area (Å²) in [7, 11) is -3.60. The van der Waals surface area contributed by atoms with E-state index < -0.39 is 46.5 Å². The predicted octanol–water partition coefficient (Wildman–Crippen LogP) is 1.62. The first-order chi connectivity index (χ1) is 14.1. The minimum absolute atomic E-state index is 0.202. The molecule has 0 bridgehead atoms. The number of rotatable bonds is 7. The van der Waals surface area contributed by atoms with Gasteiger partial charge in [-0.3, -0.25) is 9.59 Å². The van der Waals surface area contributed by atoms with Crippen molar-refractivity contribution < 1.29 is 28.2 Å². The highest BCUT2D eigenvalue weighted by Gasteiger charge is 2.46. The van der Waals surface area contributed by atoms with Crippen LogP contribution in [-0.4, -0.2) is 60.9 Å². The highest BCUT2D eigenvalue weighted by Crippen LogP contribution is 2.44. The van der Waals surface area contributed by atoms with Crippen LogP contribution in [0.15, 0.2) is 48.5 Å².